The Morgan fingerprint density at radius 2 is 1.68 bits per heavy atom. The molecule has 0 aliphatic heterocycles. The van der Waals surface area contributed by atoms with Crippen molar-refractivity contribution >= 4 is 22.6 Å². The number of allylic oxidation sites excluding steroid dienone is 4. The lowest BCUT2D eigenvalue weighted by Crippen LogP contribution is -2.28. The molecule has 0 bridgehead atoms. The molecule has 154 valence electrons. The van der Waals surface area contributed by atoms with Crippen LogP contribution in [0.2, 0.25) is 0 Å². The normalized spacial score (nSPS) is 18.3. The van der Waals surface area contributed by atoms with E-state index in [1.165, 1.54) is 22.3 Å². The third kappa shape index (κ3) is 3.96. The third-order valence-corrected chi connectivity index (χ3v) is 6.77. The molecule has 3 heteroatoms. The highest BCUT2D eigenvalue weighted by atomic mass is 35.5. The Labute approximate surface area is 188 Å². The molecule has 0 amide bonds. The maximum absolute atomic E-state index is 6.90. The first-order valence-electron chi connectivity index (χ1n) is 10.7. The summed E-state index contributed by atoms with van der Waals surface area (Å²) in [4.78, 5) is 8.11. The first kappa shape index (κ1) is 19.8. The molecule has 31 heavy (non-hydrogen) atoms. The lowest BCUT2D eigenvalue weighted by atomic mass is 9.72. The van der Waals surface area contributed by atoms with Gasteiger partial charge in [0.1, 0.15) is 5.82 Å². The summed E-state index contributed by atoms with van der Waals surface area (Å²) < 4.78 is 0. The van der Waals surface area contributed by atoms with Gasteiger partial charge in [-0.1, -0.05) is 90.5 Å². The number of hydrogen-bond donors (Lipinski definition) is 1. The first-order valence-corrected chi connectivity index (χ1v) is 11.1. The molecule has 1 N–H and O–H groups in total. The van der Waals surface area contributed by atoms with Gasteiger partial charge < -0.3 is 4.98 Å². The number of halogens is 1. The summed E-state index contributed by atoms with van der Waals surface area (Å²) in [7, 11) is 0. The maximum atomic E-state index is 6.90. The fraction of sp³-hybridized carbons (Fsp3) is 0.179. The second kappa shape index (κ2) is 8.20. The van der Waals surface area contributed by atoms with Crippen molar-refractivity contribution in [3.8, 4) is 11.1 Å². The van der Waals surface area contributed by atoms with Crippen LogP contribution in [0.5, 0.6) is 0 Å². The number of benzene rings is 3. The number of rotatable bonds is 5. The first-order chi connectivity index (χ1) is 15.1. The molecule has 1 aliphatic rings. The number of para-hydroxylation sites is 1. The van der Waals surface area contributed by atoms with Crippen LogP contribution in [-0.2, 0) is 12.8 Å². The van der Waals surface area contributed by atoms with E-state index in [2.05, 4.69) is 89.9 Å². The highest BCUT2D eigenvalue weighted by Gasteiger charge is 2.35. The highest BCUT2D eigenvalue weighted by Crippen LogP contribution is 2.44. The minimum Gasteiger partial charge on any atom is -0.342 e. The molecule has 5 rings (SSSR count). The molecule has 1 unspecified atom stereocenters. The van der Waals surface area contributed by atoms with E-state index in [1.54, 1.807) is 0 Å². The van der Waals surface area contributed by atoms with Crippen LogP contribution in [-0.4, -0.2) is 9.97 Å². The van der Waals surface area contributed by atoms with Crippen LogP contribution in [0.3, 0.4) is 0 Å². The zero-order chi connectivity index (χ0) is 21.3. The topological polar surface area (TPSA) is 28.7 Å². The van der Waals surface area contributed by atoms with E-state index in [0.29, 0.717) is 0 Å². The van der Waals surface area contributed by atoms with Gasteiger partial charge in [-0.25, -0.2) is 4.98 Å². The number of nitrogens with zero attached hydrogens (tertiary/aromatic N) is 1. The van der Waals surface area contributed by atoms with Crippen LogP contribution in [0.25, 0.3) is 22.2 Å². The molecule has 4 aromatic rings. The van der Waals surface area contributed by atoms with Crippen LogP contribution in [0.15, 0.2) is 96.1 Å². The monoisotopic (exact) mass is 424 g/mol. The van der Waals surface area contributed by atoms with Crippen molar-refractivity contribution in [3.63, 3.8) is 0 Å². The Bertz CT molecular complexity index is 1270. The van der Waals surface area contributed by atoms with Gasteiger partial charge in [0.15, 0.2) is 0 Å². The van der Waals surface area contributed by atoms with Crippen molar-refractivity contribution in [1.82, 2.24) is 9.97 Å². The molecule has 0 saturated carbocycles. The second-order valence-corrected chi connectivity index (χ2v) is 8.89. The van der Waals surface area contributed by atoms with E-state index in [-0.39, 0.29) is 5.41 Å². The summed E-state index contributed by atoms with van der Waals surface area (Å²) in [5.74, 6) is 0.943. The Morgan fingerprint density at radius 3 is 2.45 bits per heavy atom. The van der Waals surface area contributed by atoms with E-state index < -0.39 is 0 Å². The third-order valence-electron chi connectivity index (χ3n) is 6.24. The molecular formula is C28H25ClN2. The molecule has 1 heterocycles. The predicted octanol–water partition coefficient (Wildman–Crippen LogP) is 7.39. The van der Waals surface area contributed by atoms with Crippen molar-refractivity contribution in [3.05, 3.63) is 113 Å². The number of nitrogens with one attached hydrogen (secondary N) is 1. The van der Waals surface area contributed by atoms with Gasteiger partial charge in [-0.3, -0.25) is 0 Å². The molecule has 1 atom stereocenters. The number of hydrogen-bond acceptors (Lipinski definition) is 1. The zero-order valence-corrected chi connectivity index (χ0v) is 18.4. The van der Waals surface area contributed by atoms with Crippen molar-refractivity contribution in [1.29, 1.82) is 0 Å². The smallest absolute Gasteiger partial charge is 0.104 e. The molecule has 2 nitrogen and oxygen atoms in total. The number of aromatic nitrogens is 2. The lowest BCUT2D eigenvalue weighted by molar-refractivity contribution is 0.368. The van der Waals surface area contributed by atoms with Gasteiger partial charge in [-0.15, -0.1) is 0 Å². The van der Waals surface area contributed by atoms with Gasteiger partial charge in [0.2, 0.25) is 0 Å². The molecule has 0 spiro atoms. The minimum atomic E-state index is -0.161. The number of H-pyrrole nitrogens is 1. The van der Waals surface area contributed by atoms with Crippen LogP contribution >= 0.6 is 11.6 Å². The Hall–Kier alpha value is -3.10. The summed E-state index contributed by atoms with van der Waals surface area (Å²) >= 11 is 6.90. The van der Waals surface area contributed by atoms with Crippen molar-refractivity contribution < 1.29 is 0 Å². The van der Waals surface area contributed by atoms with E-state index in [4.69, 9.17) is 16.6 Å². The van der Waals surface area contributed by atoms with Gasteiger partial charge in [0, 0.05) is 10.4 Å². The molecule has 0 radical (unpaired) electrons. The fourth-order valence-corrected chi connectivity index (χ4v) is 4.94. The van der Waals surface area contributed by atoms with Crippen LogP contribution in [0, 0.1) is 12.3 Å². The zero-order valence-electron chi connectivity index (χ0n) is 17.6. The van der Waals surface area contributed by atoms with E-state index >= 15 is 0 Å². The molecule has 0 fully saturated rings. The van der Waals surface area contributed by atoms with Gasteiger partial charge in [0.25, 0.3) is 0 Å². The van der Waals surface area contributed by atoms with Crippen LogP contribution < -0.4 is 0 Å². The van der Waals surface area contributed by atoms with Crippen molar-refractivity contribution in [2.75, 3.05) is 0 Å². The van der Waals surface area contributed by atoms with E-state index in [1.807, 2.05) is 13.0 Å². The molecule has 1 aromatic heterocycles. The van der Waals surface area contributed by atoms with Crippen molar-refractivity contribution in [2.45, 2.75) is 26.2 Å². The minimum absolute atomic E-state index is 0.161. The fourth-order valence-electron chi connectivity index (χ4n) is 4.65. The van der Waals surface area contributed by atoms with Crippen LogP contribution in [0.4, 0.5) is 0 Å². The van der Waals surface area contributed by atoms with Crippen molar-refractivity contribution in [2.24, 2.45) is 5.41 Å². The van der Waals surface area contributed by atoms with Crippen LogP contribution in [0.1, 0.15) is 23.4 Å². The highest BCUT2D eigenvalue weighted by molar-refractivity contribution is 6.30. The number of aryl methyl sites for hydroxylation is 1. The Kier molecular flexibility index (Phi) is 5.25. The van der Waals surface area contributed by atoms with Gasteiger partial charge in [0.05, 0.1) is 11.0 Å². The lowest BCUT2D eigenvalue weighted by Gasteiger charge is -2.35. The van der Waals surface area contributed by atoms with Gasteiger partial charge >= 0.3 is 0 Å². The predicted molar refractivity (Wildman–Crippen MR) is 130 cm³/mol. The SMILES string of the molecule is Cc1nc2c(CC3(Cc4ccc(-c5ccccc5)cc4)CC=CC=C3Cl)cccc2[nH]1. The quantitative estimate of drug-likeness (QED) is 0.355. The summed E-state index contributed by atoms with van der Waals surface area (Å²) in [5, 5.41) is 0.923. The Balaban J connectivity index is 1.48. The molecular weight excluding hydrogens is 400 g/mol. The standard InChI is InChI=1S/C28H25ClN2/c1-20-30-25-11-7-10-24(27(25)31-20)19-28(17-6-5-12-26(28)29)18-21-13-15-23(16-14-21)22-8-3-2-4-9-22/h2-16H,17-19H2,1H3,(H,30,31). The summed E-state index contributed by atoms with van der Waals surface area (Å²) in [6, 6.07) is 25.8. The molecule has 3 aromatic carbocycles. The van der Waals surface area contributed by atoms with Gasteiger partial charge in [-0.05, 0) is 60.6 Å². The number of imidazole rings is 1. The largest absolute Gasteiger partial charge is 0.342 e. The van der Waals surface area contributed by atoms with E-state index in [9.17, 15) is 0 Å². The summed E-state index contributed by atoms with van der Waals surface area (Å²) in [5.41, 5.74) is 6.99. The molecule has 0 saturated heterocycles. The summed E-state index contributed by atoms with van der Waals surface area (Å²) in [6.07, 6.45) is 9.02. The number of aromatic amines is 1. The molecule has 1 aliphatic carbocycles. The summed E-state index contributed by atoms with van der Waals surface area (Å²) in [6.45, 7) is 2.00. The number of fused-ring (bicyclic) bond motifs is 1. The van der Waals surface area contributed by atoms with Gasteiger partial charge in [-0.2, -0.15) is 0 Å². The average Bonchev–Trinajstić information content (AvgIpc) is 3.18. The second-order valence-electron chi connectivity index (χ2n) is 8.48. The van der Waals surface area contributed by atoms with E-state index in [0.717, 1.165) is 41.2 Å². The Morgan fingerprint density at radius 1 is 0.903 bits per heavy atom. The average molecular weight is 425 g/mol. The maximum Gasteiger partial charge on any atom is 0.104 e.